The van der Waals surface area contributed by atoms with E-state index in [1.807, 2.05) is 12.1 Å². The Hall–Kier alpha value is -2.63. The Bertz CT molecular complexity index is 693. The second kappa shape index (κ2) is 9.17. The van der Waals surface area contributed by atoms with Gasteiger partial charge < -0.3 is 15.5 Å². The van der Waals surface area contributed by atoms with Crippen LogP contribution >= 0.6 is 0 Å². The zero-order chi connectivity index (χ0) is 18.2. The smallest absolute Gasteiger partial charge is 0.271 e. The lowest BCUT2D eigenvalue weighted by molar-refractivity contribution is 0.0947. The number of hydrogen-bond acceptors (Lipinski definition) is 5. The zero-order valence-electron chi connectivity index (χ0n) is 15.4. The Kier molecular flexibility index (Phi) is 6.41. The molecule has 0 spiro atoms. The second-order valence-corrected chi connectivity index (χ2v) is 6.63. The van der Waals surface area contributed by atoms with Crippen molar-refractivity contribution in [3.63, 3.8) is 0 Å². The van der Waals surface area contributed by atoms with Crippen molar-refractivity contribution in [3.8, 4) is 0 Å². The summed E-state index contributed by atoms with van der Waals surface area (Å²) in [6.45, 7) is 5.09. The summed E-state index contributed by atoms with van der Waals surface area (Å²) in [5, 5.41) is 14.2. The lowest BCUT2D eigenvalue weighted by Gasteiger charge is -2.17. The van der Waals surface area contributed by atoms with Crippen LogP contribution in [0.3, 0.4) is 0 Å². The van der Waals surface area contributed by atoms with Crippen LogP contribution < -0.4 is 15.5 Å². The molecule has 26 heavy (non-hydrogen) atoms. The molecule has 1 aromatic carbocycles. The van der Waals surface area contributed by atoms with Crippen molar-refractivity contribution in [1.29, 1.82) is 0 Å². The largest absolute Gasteiger partial charge is 0.372 e. The lowest BCUT2D eigenvalue weighted by Crippen LogP contribution is -2.25. The normalized spacial score (nSPS) is 13.7. The molecule has 3 rings (SSSR count). The first-order valence-electron chi connectivity index (χ1n) is 9.50. The first kappa shape index (κ1) is 18.2. The van der Waals surface area contributed by atoms with Gasteiger partial charge in [0.25, 0.3) is 5.91 Å². The zero-order valence-corrected chi connectivity index (χ0v) is 15.4. The van der Waals surface area contributed by atoms with Crippen molar-refractivity contribution >= 4 is 23.1 Å². The third-order valence-corrected chi connectivity index (χ3v) is 4.57. The van der Waals surface area contributed by atoms with Crippen molar-refractivity contribution < 1.29 is 4.79 Å². The molecule has 138 valence electrons. The van der Waals surface area contributed by atoms with Crippen LogP contribution in [0.1, 0.15) is 49.5 Å². The van der Waals surface area contributed by atoms with E-state index in [4.69, 9.17) is 0 Å². The lowest BCUT2D eigenvalue weighted by atomic mass is 10.2. The van der Waals surface area contributed by atoms with E-state index in [1.54, 1.807) is 12.1 Å². The highest BCUT2D eigenvalue weighted by Gasteiger charge is 2.12. The summed E-state index contributed by atoms with van der Waals surface area (Å²) in [6, 6.07) is 11.8. The molecule has 2 N–H and O–H groups in total. The first-order valence-corrected chi connectivity index (χ1v) is 9.50. The van der Waals surface area contributed by atoms with Crippen LogP contribution in [0.15, 0.2) is 36.4 Å². The van der Waals surface area contributed by atoms with Crippen LogP contribution in [0, 0.1) is 0 Å². The molecule has 1 aromatic heterocycles. The number of unbranched alkanes of at least 4 members (excludes halogenated alkanes) is 2. The summed E-state index contributed by atoms with van der Waals surface area (Å²) < 4.78 is 0. The molecule has 1 fully saturated rings. The predicted molar refractivity (Wildman–Crippen MR) is 105 cm³/mol. The van der Waals surface area contributed by atoms with Gasteiger partial charge in [0.05, 0.1) is 0 Å². The monoisotopic (exact) mass is 353 g/mol. The summed E-state index contributed by atoms with van der Waals surface area (Å²) >= 11 is 0. The van der Waals surface area contributed by atoms with Crippen LogP contribution in [0.5, 0.6) is 0 Å². The molecule has 1 amide bonds. The Morgan fingerprint density at radius 2 is 1.81 bits per heavy atom. The average Bonchev–Trinajstić information content (AvgIpc) is 3.21. The van der Waals surface area contributed by atoms with Gasteiger partial charge in [-0.3, -0.25) is 4.79 Å². The predicted octanol–water partition coefficient (Wildman–Crippen LogP) is 3.74. The molecule has 1 aliphatic rings. The molecule has 0 aliphatic carbocycles. The minimum absolute atomic E-state index is 0.171. The van der Waals surface area contributed by atoms with Gasteiger partial charge in [-0.15, -0.1) is 10.2 Å². The minimum Gasteiger partial charge on any atom is -0.372 e. The van der Waals surface area contributed by atoms with Crippen molar-refractivity contribution in [2.45, 2.75) is 39.0 Å². The maximum atomic E-state index is 12.0. The Labute approximate surface area is 155 Å². The van der Waals surface area contributed by atoms with Crippen LogP contribution in [0.2, 0.25) is 0 Å². The van der Waals surface area contributed by atoms with E-state index < -0.39 is 0 Å². The summed E-state index contributed by atoms with van der Waals surface area (Å²) in [4.78, 5) is 14.4. The van der Waals surface area contributed by atoms with Crippen LogP contribution in [-0.2, 0) is 0 Å². The molecule has 6 heteroatoms. The molecule has 0 atom stereocenters. The van der Waals surface area contributed by atoms with Gasteiger partial charge in [0.1, 0.15) is 0 Å². The van der Waals surface area contributed by atoms with E-state index in [-0.39, 0.29) is 5.91 Å². The van der Waals surface area contributed by atoms with Gasteiger partial charge in [-0.05, 0) is 55.7 Å². The number of benzene rings is 1. The topological polar surface area (TPSA) is 70.2 Å². The second-order valence-electron chi connectivity index (χ2n) is 6.63. The molecule has 1 aliphatic heterocycles. The maximum absolute atomic E-state index is 12.0. The summed E-state index contributed by atoms with van der Waals surface area (Å²) in [5.41, 5.74) is 2.56. The van der Waals surface area contributed by atoms with E-state index >= 15 is 0 Å². The molecule has 0 saturated carbocycles. The van der Waals surface area contributed by atoms with Gasteiger partial charge in [0, 0.05) is 31.0 Å². The van der Waals surface area contributed by atoms with E-state index in [1.165, 1.54) is 18.5 Å². The fraction of sp³-hybridized carbons (Fsp3) is 0.450. The number of carbonyl (C=O) groups is 1. The number of nitrogens with zero attached hydrogens (tertiary/aromatic N) is 3. The molecule has 2 aromatic rings. The molecule has 0 bridgehead atoms. The quantitative estimate of drug-likeness (QED) is 0.708. The minimum atomic E-state index is -0.171. The molecule has 0 unspecified atom stereocenters. The van der Waals surface area contributed by atoms with Gasteiger partial charge in [-0.25, -0.2) is 0 Å². The number of carbonyl (C=O) groups excluding carboxylic acids is 1. The van der Waals surface area contributed by atoms with Gasteiger partial charge in [0.2, 0.25) is 0 Å². The fourth-order valence-corrected chi connectivity index (χ4v) is 3.07. The van der Waals surface area contributed by atoms with Crippen molar-refractivity contribution in [1.82, 2.24) is 15.5 Å². The number of amides is 1. The molecule has 6 nitrogen and oxygen atoms in total. The van der Waals surface area contributed by atoms with E-state index in [2.05, 4.69) is 44.8 Å². The third-order valence-electron chi connectivity index (χ3n) is 4.57. The van der Waals surface area contributed by atoms with Crippen LogP contribution in [0.25, 0.3) is 0 Å². The van der Waals surface area contributed by atoms with Crippen molar-refractivity contribution in [2.24, 2.45) is 0 Å². The standard InChI is InChI=1S/C20H27N5O/c1-2-3-4-13-21-20(26)18-11-12-19(24-23-18)22-16-7-9-17(10-8-16)25-14-5-6-15-25/h7-12H,2-6,13-15H2,1H3,(H,21,26)(H,22,24). The number of anilines is 3. The van der Waals surface area contributed by atoms with Gasteiger partial charge >= 0.3 is 0 Å². The highest BCUT2D eigenvalue weighted by molar-refractivity contribution is 5.92. The highest BCUT2D eigenvalue weighted by Crippen LogP contribution is 2.23. The summed E-state index contributed by atoms with van der Waals surface area (Å²) in [5.74, 6) is 0.455. The molecular weight excluding hydrogens is 326 g/mol. The SMILES string of the molecule is CCCCCNC(=O)c1ccc(Nc2ccc(N3CCCC3)cc2)nn1. The van der Waals surface area contributed by atoms with Gasteiger partial charge in [-0.1, -0.05) is 19.8 Å². The number of nitrogens with one attached hydrogen (secondary N) is 2. The number of aromatic nitrogens is 2. The maximum Gasteiger partial charge on any atom is 0.271 e. The summed E-state index contributed by atoms with van der Waals surface area (Å²) in [7, 11) is 0. The van der Waals surface area contributed by atoms with E-state index in [9.17, 15) is 4.79 Å². The van der Waals surface area contributed by atoms with Gasteiger partial charge in [-0.2, -0.15) is 0 Å². The van der Waals surface area contributed by atoms with Crippen LogP contribution in [0.4, 0.5) is 17.2 Å². The molecule has 1 saturated heterocycles. The number of hydrogen-bond donors (Lipinski definition) is 2. The Balaban J connectivity index is 1.52. The molecule has 2 heterocycles. The third kappa shape index (κ3) is 4.94. The van der Waals surface area contributed by atoms with Gasteiger partial charge in [0.15, 0.2) is 11.5 Å². The summed E-state index contributed by atoms with van der Waals surface area (Å²) in [6.07, 6.45) is 5.78. The average molecular weight is 353 g/mol. The number of rotatable bonds is 8. The highest BCUT2D eigenvalue weighted by atomic mass is 16.1. The Morgan fingerprint density at radius 3 is 2.46 bits per heavy atom. The van der Waals surface area contributed by atoms with E-state index in [0.717, 1.165) is 38.0 Å². The molecular formula is C20H27N5O. The van der Waals surface area contributed by atoms with Crippen molar-refractivity contribution in [2.75, 3.05) is 29.9 Å². The fourth-order valence-electron chi connectivity index (χ4n) is 3.07. The van der Waals surface area contributed by atoms with Crippen molar-refractivity contribution in [3.05, 3.63) is 42.1 Å². The van der Waals surface area contributed by atoms with Crippen LogP contribution in [-0.4, -0.2) is 35.7 Å². The van der Waals surface area contributed by atoms with E-state index in [0.29, 0.717) is 18.1 Å². The Morgan fingerprint density at radius 1 is 1.04 bits per heavy atom. The molecule has 0 radical (unpaired) electrons. The first-order chi connectivity index (χ1) is 12.8.